The Kier molecular flexibility index (Phi) is 4.51. The number of fused-ring (bicyclic) bond motifs is 1. The van der Waals surface area contributed by atoms with E-state index in [1.54, 1.807) is 0 Å². The molecule has 0 N–H and O–H groups in total. The summed E-state index contributed by atoms with van der Waals surface area (Å²) in [6, 6.07) is 8.41. The molecule has 0 spiro atoms. The average Bonchev–Trinajstić information content (AvgIpc) is 2.81. The number of aryl methyl sites for hydroxylation is 1. The minimum Gasteiger partial charge on any atom is -0.322 e. The molecule has 0 atom stereocenters. The number of hydrogen-bond donors (Lipinski definition) is 0. The summed E-state index contributed by atoms with van der Waals surface area (Å²) in [4.78, 5) is 4.79. The Labute approximate surface area is 120 Å². The number of halogens is 1. The molecule has 0 saturated carbocycles. The summed E-state index contributed by atoms with van der Waals surface area (Å²) in [5, 5.41) is 0. The van der Waals surface area contributed by atoms with E-state index in [1.807, 2.05) is 0 Å². The van der Waals surface area contributed by atoms with Crippen LogP contribution < -0.4 is 0 Å². The fourth-order valence-corrected chi connectivity index (χ4v) is 3.25. The quantitative estimate of drug-likeness (QED) is 0.698. The van der Waals surface area contributed by atoms with Crippen LogP contribution in [-0.2, 0) is 12.0 Å². The zero-order valence-electron chi connectivity index (χ0n) is 12.1. The van der Waals surface area contributed by atoms with Gasteiger partial charge in [-0.2, -0.15) is 0 Å². The van der Waals surface area contributed by atoms with Gasteiger partial charge < -0.3 is 4.57 Å². The van der Waals surface area contributed by atoms with Gasteiger partial charge in [-0.1, -0.05) is 32.9 Å². The number of rotatable bonds is 6. The van der Waals surface area contributed by atoms with Crippen molar-refractivity contribution in [2.24, 2.45) is 0 Å². The molecule has 3 heteroatoms. The highest BCUT2D eigenvalue weighted by molar-refractivity contribution is 6.17. The van der Waals surface area contributed by atoms with E-state index >= 15 is 0 Å². The maximum absolute atomic E-state index is 5.96. The lowest BCUT2D eigenvalue weighted by molar-refractivity contribution is 0.251. The number of alkyl halides is 1. The minimum absolute atomic E-state index is 0.164. The van der Waals surface area contributed by atoms with Crippen LogP contribution in [0.15, 0.2) is 24.3 Å². The van der Waals surface area contributed by atoms with Crippen LogP contribution in [0.25, 0.3) is 11.0 Å². The number of imidazole rings is 1. The molecule has 2 rings (SSSR count). The van der Waals surface area contributed by atoms with E-state index in [2.05, 4.69) is 49.6 Å². The van der Waals surface area contributed by atoms with Crippen LogP contribution in [0.5, 0.6) is 0 Å². The average molecular weight is 279 g/mol. The zero-order chi connectivity index (χ0) is 13.9. The molecule has 1 aromatic carbocycles. The van der Waals surface area contributed by atoms with Crippen molar-refractivity contribution in [2.75, 3.05) is 5.88 Å². The summed E-state index contributed by atoms with van der Waals surface area (Å²) in [6.45, 7) is 6.81. The van der Waals surface area contributed by atoms with E-state index in [4.69, 9.17) is 16.6 Å². The van der Waals surface area contributed by atoms with Crippen LogP contribution in [0, 0.1) is 0 Å². The maximum atomic E-state index is 5.96. The summed E-state index contributed by atoms with van der Waals surface area (Å²) >= 11 is 5.96. The number of aromatic nitrogens is 2. The van der Waals surface area contributed by atoms with Crippen molar-refractivity contribution >= 4 is 22.6 Å². The van der Waals surface area contributed by atoms with Gasteiger partial charge in [0.2, 0.25) is 0 Å². The van der Waals surface area contributed by atoms with Crippen molar-refractivity contribution in [3.05, 3.63) is 30.1 Å². The van der Waals surface area contributed by atoms with Gasteiger partial charge in [0, 0.05) is 17.8 Å². The molecular weight excluding hydrogens is 256 g/mol. The second-order valence-electron chi connectivity index (χ2n) is 5.08. The van der Waals surface area contributed by atoms with Gasteiger partial charge in [-0.25, -0.2) is 4.98 Å². The first-order chi connectivity index (χ1) is 9.22. The molecule has 0 bridgehead atoms. The topological polar surface area (TPSA) is 17.8 Å². The molecule has 0 amide bonds. The Morgan fingerprint density at radius 3 is 2.32 bits per heavy atom. The van der Waals surface area contributed by atoms with Crippen molar-refractivity contribution in [3.63, 3.8) is 0 Å². The molecule has 1 aromatic heterocycles. The summed E-state index contributed by atoms with van der Waals surface area (Å²) < 4.78 is 2.45. The summed E-state index contributed by atoms with van der Waals surface area (Å²) in [5.41, 5.74) is 2.49. The maximum Gasteiger partial charge on any atom is 0.111 e. The number of para-hydroxylation sites is 2. The Bertz CT molecular complexity index is 532. The van der Waals surface area contributed by atoms with E-state index in [9.17, 15) is 0 Å². The molecule has 0 aliphatic carbocycles. The second kappa shape index (κ2) is 5.96. The van der Waals surface area contributed by atoms with Crippen molar-refractivity contribution in [1.29, 1.82) is 0 Å². The van der Waals surface area contributed by atoms with E-state index in [1.165, 1.54) is 5.52 Å². The first kappa shape index (κ1) is 14.4. The Morgan fingerprint density at radius 2 is 1.74 bits per heavy atom. The third kappa shape index (κ3) is 2.38. The molecule has 104 valence electrons. The molecular formula is C16H23ClN2. The monoisotopic (exact) mass is 278 g/mol. The van der Waals surface area contributed by atoms with Crippen molar-refractivity contribution in [2.45, 2.75) is 52.0 Å². The van der Waals surface area contributed by atoms with Crippen molar-refractivity contribution in [1.82, 2.24) is 9.55 Å². The molecule has 2 nitrogen and oxygen atoms in total. The zero-order valence-corrected chi connectivity index (χ0v) is 12.9. The molecule has 0 aliphatic heterocycles. The highest BCUT2D eigenvalue weighted by Crippen LogP contribution is 2.34. The second-order valence-corrected chi connectivity index (χ2v) is 5.45. The minimum atomic E-state index is 0.164. The smallest absolute Gasteiger partial charge is 0.111 e. The number of benzene rings is 1. The fourth-order valence-electron chi connectivity index (χ4n) is 3.08. The van der Waals surface area contributed by atoms with Crippen molar-refractivity contribution in [3.8, 4) is 0 Å². The fraction of sp³-hybridized carbons (Fsp3) is 0.562. The molecule has 0 unspecified atom stereocenters. The molecule has 0 saturated heterocycles. The highest BCUT2D eigenvalue weighted by Gasteiger charge is 2.30. The standard InChI is InChI=1S/C16H23ClN2/c1-4-16(5-2,6-3)19-14-10-8-7-9-13(14)18-15(19)11-12-17/h7-10H,4-6,11-12H2,1-3H3. The first-order valence-corrected chi connectivity index (χ1v) is 7.78. The van der Waals surface area contributed by atoms with E-state index in [-0.39, 0.29) is 5.54 Å². The van der Waals surface area contributed by atoms with Gasteiger partial charge in [0.05, 0.1) is 11.0 Å². The molecule has 19 heavy (non-hydrogen) atoms. The summed E-state index contributed by atoms with van der Waals surface area (Å²) in [5.74, 6) is 1.75. The van der Waals surface area contributed by atoms with Crippen LogP contribution in [0.4, 0.5) is 0 Å². The van der Waals surface area contributed by atoms with E-state index in [0.717, 1.165) is 37.0 Å². The van der Waals surface area contributed by atoms with Gasteiger partial charge in [-0.15, -0.1) is 11.6 Å². The molecule has 0 radical (unpaired) electrons. The Morgan fingerprint density at radius 1 is 1.11 bits per heavy atom. The van der Waals surface area contributed by atoms with Crippen LogP contribution >= 0.6 is 11.6 Å². The van der Waals surface area contributed by atoms with Gasteiger partial charge in [0.15, 0.2) is 0 Å². The summed E-state index contributed by atoms with van der Waals surface area (Å²) in [7, 11) is 0. The Hall–Kier alpha value is -1.02. The lowest BCUT2D eigenvalue weighted by Crippen LogP contribution is -2.33. The van der Waals surface area contributed by atoms with Crippen molar-refractivity contribution < 1.29 is 0 Å². The molecule has 2 aromatic rings. The van der Waals surface area contributed by atoms with E-state index in [0.29, 0.717) is 5.88 Å². The molecule has 0 fully saturated rings. The highest BCUT2D eigenvalue weighted by atomic mass is 35.5. The predicted octanol–water partition coefficient (Wildman–Crippen LogP) is 4.74. The Balaban J connectivity index is 2.70. The number of hydrogen-bond acceptors (Lipinski definition) is 1. The lowest BCUT2D eigenvalue weighted by atomic mass is 9.89. The molecule has 0 aliphatic rings. The molecule has 1 heterocycles. The normalized spacial score (nSPS) is 12.2. The van der Waals surface area contributed by atoms with E-state index < -0.39 is 0 Å². The third-order valence-electron chi connectivity index (χ3n) is 4.40. The predicted molar refractivity (Wildman–Crippen MR) is 83.0 cm³/mol. The van der Waals surface area contributed by atoms with Gasteiger partial charge in [-0.05, 0) is 31.4 Å². The SMILES string of the molecule is CCC(CC)(CC)n1c(CCCl)nc2ccccc21. The largest absolute Gasteiger partial charge is 0.322 e. The number of nitrogens with zero attached hydrogens (tertiary/aromatic N) is 2. The van der Waals surface area contributed by atoms with Gasteiger partial charge >= 0.3 is 0 Å². The van der Waals surface area contributed by atoms with Crippen LogP contribution in [-0.4, -0.2) is 15.4 Å². The van der Waals surface area contributed by atoms with Crippen LogP contribution in [0.1, 0.15) is 45.9 Å². The van der Waals surface area contributed by atoms with Gasteiger partial charge in [-0.3, -0.25) is 0 Å². The van der Waals surface area contributed by atoms with Crippen LogP contribution in [0.3, 0.4) is 0 Å². The van der Waals surface area contributed by atoms with Gasteiger partial charge in [0.25, 0.3) is 0 Å². The third-order valence-corrected chi connectivity index (χ3v) is 4.59. The first-order valence-electron chi connectivity index (χ1n) is 7.25. The van der Waals surface area contributed by atoms with Gasteiger partial charge in [0.1, 0.15) is 5.82 Å². The van der Waals surface area contributed by atoms with Crippen LogP contribution in [0.2, 0.25) is 0 Å². The lowest BCUT2D eigenvalue weighted by Gasteiger charge is -2.34. The summed E-state index contributed by atoms with van der Waals surface area (Å²) in [6.07, 6.45) is 4.19.